The summed E-state index contributed by atoms with van der Waals surface area (Å²) in [7, 11) is 1.82. The summed E-state index contributed by atoms with van der Waals surface area (Å²) in [5.41, 5.74) is 2.23. The van der Waals surface area contributed by atoms with Crippen molar-refractivity contribution in [3.63, 3.8) is 0 Å². The van der Waals surface area contributed by atoms with E-state index in [1.54, 1.807) is 13.0 Å². The third kappa shape index (κ3) is 1.38. The number of rotatable bonds is 1. The second-order valence-electron chi connectivity index (χ2n) is 4.30. The first kappa shape index (κ1) is 10.8. The molecule has 3 rings (SSSR count). The van der Waals surface area contributed by atoms with Crippen LogP contribution < -0.4 is 4.90 Å². The van der Waals surface area contributed by atoms with Crippen molar-refractivity contribution >= 4 is 11.4 Å². The number of benzene rings is 1. The van der Waals surface area contributed by atoms with Gasteiger partial charge in [0.1, 0.15) is 11.4 Å². The Kier molecular flexibility index (Phi) is 2.13. The summed E-state index contributed by atoms with van der Waals surface area (Å²) < 4.78 is 5.56. The smallest absolute Gasteiger partial charge is 0.293 e. The van der Waals surface area contributed by atoms with Gasteiger partial charge in [-0.1, -0.05) is 6.07 Å². The zero-order chi connectivity index (χ0) is 12.9. The molecule has 0 N–H and O–H groups in total. The number of aryl methyl sites for hydroxylation is 1. The maximum atomic E-state index is 11.1. The van der Waals surface area contributed by atoms with Crippen molar-refractivity contribution in [3.8, 4) is 11.3 Å². The van der Waals surface area contributed by atoms with E-state index in [0.29, 0.717) is 23.9 Å². The van der Waals surface area contributed by atoms with Crippen molar-refractivity contribution in [2.24, 2.45) is 0 Å². The predicted octanol–water partition coefficient (Wildman–Crippen LogP) is 2.51. The molecule has 6 heteroatoms. The molecular formula is C12H11N3O3. The third-order valence-electron chi connectivity index (χ3n) is 3.03. The van der Waals surface area contributed by atoms with E-state index in [9.17, 15) is 10.1 Å². The highest BCUT2D eigenvalue weighted by molar-refractivity contribution is 5.85. The summed E-state index contributed by atoms with van der Waals surface area (Å²) in [6.45, 7) is 2.29. The first-order valence-corrected chi connectivity index (χ1v) is 5.53. The Morgan fingerprint density at radius 3 is 3.00 bits per heavy atom. The van der Waals surface area contributed by atoms with Crippen LogP contribution in [-0.4, -0.2) is 17.0 Å². The summed E-state index contributed by atoms with van der Waals surface area (Å²) in [5.74, 6) is 1.22. The molecule has 0 spiro atoms. The van der Waals surface area contributed by atoms with E-state index >= 15 is 0 Å². The summed E-state index contributed by atoms with van der Waals surface area (Å²) in [6.07, 6.45) is 0. The monoisotopic (exact) mass is 245 g/mol. The van der Waals surface area contributed by atoms with Gasteiger partial charge in [0, 0.05) is 25.6 Å². The number of nitrogens with zero attached hydrogens (tertiary/aromatic N) is 3. The number of nitro benzene ring substituents is 1. The molecule has 1 aromatic heterocycles. The fourth-order valence-electron chi connectivity index (χ4n) is 2.35. The molecule has 1 aliphatic rings. The van der Waals surface area contributed by atoms with E-state index in [0.717, 1.165) is 11.3 Å². The molecule has 0 saturated carbocycles. The zero-order valence-corrected chi connectivity index (χ0v) is 10.0. The van der Waals surface area contributed by atoms with Crippen LogP contribution >= 0.6 is 0 Å². The van der Waals surface area contributed by atoms with Crippen molar-refractivity contribution in [3.05, 3.63) is 39.9 Å². The zero-order valence-electron chi connectivity index (χ0n) is 10.0. The van der Waals surface area contributed by atoms with Crippen LogP contribution in [0.5, 0.6) is 0 Å². The molecule has 0 radical (unpaired) electrons. The Hall–Kier alpha value is -2.37. The highest BCUT2D eigenvalue weighted by Crippen LogP contribution is 2.43. The normalized spacial score (nSPS) is 13.1. The van der Waals surface area contributed by atoms with Crippen LogP contribution in [0.25, 0.3) is 11.3 Å². The van der Waals surface area contributed by atoms with Crippen molar-refractivity contribution in [1.82, 2.24) is 4.98 Å². The maximum Gasteiger partial charge on any atom is 0.293 e. The molecule has 0 aliphatic carbocycles. The van der Waals surface area contributed by atoms with Gasteiger partial charge in [-0.15, -0.1) is 0 Å². The number of hydrogen-bond donors (Lipinski definition) is 0. The Bertz CT molecular complexity index is 648. The van der Waals surface area contributed by atoms with Crippen LogP contribution in [0.4, 0.5) is 11.4 Å². The van der Waals surface area contributed by atoms with Crippen molar-refractivity contribution in [2.45, 2.75) is 13.5 Å². The number of anilines is 1. The summed E-state index contributed by atoms with van der Waals surface area (Å²) in [6, 6.07) is 4.99. The number of nitro groups is 1. The minimum absolute atomic E-state index is 0.0923. The van der Waals surface area contributed by atoms with Gasteiger partial charge >= 0.3 is 0 Å². The maximum absolute atomic E-state index is 11.1. The second-order valence-corrected chi connectivity index (χ2v) is 4.30. The lowest BCUT2D eigenvalue weighted by Crippen LogP contribution is -2.22. The fourth-order valence-corrected chi connectivity index (χ4v) is 2.35. The van der Waals surface area contributed by atoms with Gasteiger partial charge in [0.05, 0.1) is 11.5 Å². The van der Waals surface area contributed by atoms with Crippen molar-refractivity contribution in [2.75, 3.05) is 11.9 Å². The SMILES string of the molecule is Cc1nc2c(o1)-c1cccc([N+](=O)[O-])c1N(C)C2. The molecule has 2 aromatic rings. The van der Waals surface area contributed by atoms with Crippen LogP contribution in [0.15, 0.2) is 22.6 Å². The van der Waals surface area contributed by atoms with Gasteiger partial charge in [0.2, 0.25) is 0 Å². The quantitative estimate of drug-likeness (QED) is 0.570. The molecule has 0 bridgehead atoms. The van der Waals surface area contributed by atoms with Crippen molar-refractivity contribution in [1.29, 1.82) is 0 Å². The molecule has 1 aromatic carbocycles. The Labute approximate surface area is 103 Å². The molecule has 2 heterocycles. The van der Waals surface area contributed by atoms with Crippen LogP contribution in [0.1, 0.15) is 11.6 Å². The van der Waals surface area contributed by atoms with Crippen molar-refractivity contribution < 1.29 is 9.34 Å². The van der Waals surface area contributed by atoms with Crippen LogP contribution in [0.2, 0.25) is 0 Å². The van der Waals surface area contributed by atoms with E-state index in [2.05, 4.69) is 4.98 Å². The molecule has 0 atom stereocenters. The molecule has 0 unspecified atom stereocenters. The second kappa shape index (κ2) is 3.56. The highest BCUT2D eigenvalue weighted by atomic mass is 16.6. The minimum atomic E-state index is -0.371. The molecule has 1 aliphatic heterocycles. The van der Waals surface area contributed by atoms with Crippen LogP contribution in [-0.2, 0) is 6.54 Å². The van der Waals surface area contributed by atoms with E-state index < -0.39 is 0 Å². The number of hydrogen-bond acceptors (Lipinski definition) is 5. The molecule has 0 amide bonds. The molecule has 18 heavy (non-hydrogen) atoms. The number of fused-ring (bicyclic) bond motifs is 3. The summed E-state index contributed by atoms with van der Waals surface area (Å²) in [5, 5.41) is 11.1. The first-order valence-electron chi connectivity index (χ1n) is 5.53. The highest BCUT2D eigenvalue weighted by Gasteiger charge is 2.30. The molecule has 0 fully saturated rings. The minimum Gasteiger partial charge on any atom is -0.441 e. The fraction of sp³-hybridized carbons (Fsp3) is 0.250. The van der Waals surface area contributed by atoms with E-state index in [-0.39, 0.29) is 10.6 Å². The molecule has 6 nitrogen and oxygen atoms in total. The summed E-state index contributed by atoms with van der Waals surface area (Å²) in [4.78, 5) is 16.8. The Morgan fingerprint density at radius 2 is 2.28 bits per heavy atom. The largest absolute Gasteiger partial charge is 0.441 e. The summed E-state index contributed by atoms with van der Waals surface area (Å²) >= 11 is 0. The first-order chi connectivity index (χ1) is 8.58. The molecule has 0 saturated heterocycles. The average molecular weight is 245 g/mol. The lowest BCUT2D eigenvalue weighted by Gasteiger charge is -2.25. The number of oxazole rings is 1. The lowest BCUT2D eigenvalue weighted by molar-refractivity contribution is -0.384. The van der Waals surface area contributed by atoms with Gasteiger partial charge in [-0.25, -0.2) is 4.98 Å². The third-order valence-corrected chi connectivity index (χ3v) is 3.03. The standard InChI is InChI=1S/C12H11N3O3/c1-7-13-9-6-14(2)11-8(12(9)18-7)4-3-5-10(11)15(16)17/h3-5H,6H2,1-2H3. The molecule has 92 valence electrons. The van der Waals surface area contributed by atoms with Gasteiger partial charge in [0.25, 0.3) is 5.69 Å². The molecular weight excluding hydrogens is 234 g/mol. The Balaban J connectivity index is 2.31. The number of aromatic nitrogens is 1. The van der Waals surface area contributed by atoms with Gasteiger partial charge in [-0.3, -0.25) is 10.1 Å². The topological polar surface area (TPSA) is 72.4 Å². The predicted molar refractivity (Wildman–Crippen MR) is 65.4 cm³/mol. The van der Waals surface area contributed by atoms with Crippen LogP contribution in [0.3, 0.4) is 0 Å². The number of para-hydroxylation sites is 1. The lowest BCUT2D eigenvalue weighted by atomic mass is 10.0. The van der Waals surface area contributed by atoms with Gasteiger partial charge < -0.3 is 9.32 Å². The van der Waals surface area contributed by atoms with Gasteiger partial charge in [-0.05, 0) is 6.07 Å². The van der Waals surface area contributed by atoms with E-state index in [1.807, 2.05) is 18.0 Å². The van der Waals surface area contributed by atoms with Gasteiger partial charge in [0.15, 0.2) is 11.7 Å². The van der Waals surface area contributed by atoms with Gasteiger partial charge in [-0.2, -0.15) is 0 Å². The Morgan fingerprint density at radius 1 is 1.50 bits per heavy atom. The van der Waals surface area contributed by atoms with E-state index in [4.69, 9.17) is 4.42 Å². The average Bonchev–Trinajstić information content (AvgIpc) is 2.69. The van der Waals surface area contributed by atoms with Crippen LogP contribution in [0, 0.1) is 17.0 Å². The van der Waals surface area contributed by atoms with E-state index in [1.165, 1.54) is 6.07 Å².